The van der Waals surface area contributed by atoms with Crippen molar-refractivity contribution in [3.8, 4) is 0 Å². The summed E-state index contributed by atoms with van der Waals surface area (Å²) in [6.07, 6.45) is 0. The van der Waals surface area contributed by atoms with Gasteiger partial charge < -0.3 is 10.1 Å². The van der Waals surface area contributed by atoms with Crippen LogP contribution in [0, 0.1) is 5.92 Å². The van der Waals surface area contributed by atoms with Gasteiger partial charge in [-0.25, -0.2) is 0 Å². The van der Waals surface area contributed by atoms with Gasteiger partial charge in [0.2, 0.25) is 0 Å². The van der Waals surface area contributed by atoms with Crippen molar-refractivity contribution < 1.29 is 9.53 Å². The zero-order valence-electron chi connectivity index (χ0n) is 10.1. The fourth-order valence-electron chi connectivity index (χ4n) is 1.54. The molecule has 16 heavy (non-hydrogen) atoms. The standard InChI is InChI=1S/C13H19NO2/c1-10(2)12(14-3)13(15)16-9-11-7-5-4-6-8-11/h4-8,10,12,14H,9H2,1-3H3/t12-/m1/s1. The predicted octanol–water partition coefficient (Wildman–Crippen LogP) is 1.97. The van der Waals surface area contributed by atoms with Crippen LogP contribution >= 0.6 is 0 Å². The van der Waals surface area contributed by atoms with Gasteiger partial charge in [0.05, 0.1) is 0 Å². The van der Waals surface area contributed by atoms with Gasteiger partial charge >= 0.3 is 5.97 Å². The molecule has 0 heterocycles. The van der Waals surface area contributed by atoms with Crippen LogP contribution in [0.3, 0.4) is 0 Å². The Morgan fingerprint density at radius 2 is 1.94 bits per heavy atom. The molecule has 0 radical (unpaired) electrons. The summed E-state index contributed by atoms with van der Waals surface area (Å²) in [5.74, 6) is 0.0367. The number of likely N-dealkylation sites (N-methyl/N-ethyl adjacent to an activating group) is 1. The number of benzene rings is 1. The van der Waals surface area contributed by atoms with E-state index in [1.807, 2.05) is 44.2 Å². The van der Waals surface area contributed by atoms with Gasteiger partial charge in [0, 0.05) is 0 Å². The second kappa shape index (κ2) is 6.28. The largest absolute Gasteiger partial charge is 0.460 e. The van der Waals surface area contributed by atoms with Gasteiger partial charge in [-0.05, 0) is 18.5 Å². The summed E-state index contributed by atoms with van der Waals surface area (Å²) in [4.78, 5) is 11.7. The molecule has 0 spiro atoms. The number of nitrogens with one attached hydrogen (secondary N) is 1. The van der Waals surface area contributed by atoms with Crippen LogP contribution in [0.1, 0.15) is 19.4 Å². The summed E-state index contributed by atoms with van der Waals surface area (Å²) < 4.78 is 5.24. The minimum atomic E-state index is -0.233. The molecular formula is C13H19NO2. The Bertz CT molecular complexity index is 322. The normalized spacial score (nSPS) is 12.5. The first-order valence-electron chi connectivity index (χ1n) is 5.53. The Hall–Kier alpha value is -1.35. The fraction of sp³-hybridized carbons (Fsp3) is 0.462. The van der Waals surface area contributed by atoms with Crippen LogP contribution in [0.2, 0.25) is 0 Å². The molecule has 1 aromatic rings. The van der Waals surface area contributed by atoms with Crippen LogP contribution in [0.4, 0.5) is 0 Å². The van der Waals surface area contributed by atoms with E-state index in [2.05, 4.69) is 5.32 Å². The first kappa shape index (κ1) is 12.7. The molecule has 0 aliphatic carbocycles. The summed E-state index contributed by atoms with van der Waals surface area (Å²) in [6, 6.07) is 9.45. The van der Waals surface area contributed by atoms with Crippen molar-refractivity contribution in [1.29, 1.82) is 0 Å². The van der Waals surface area contributed by atoms with Crippen molar-refractivity contribution in [2.24, 2.45) is 5.92 Å². The number of hydrogen-bond acceptors (Lipinski definition) is 3. The first-order valence-corrected chi connectivity index (χ1v) is 5.53. The van der Waals surface area contributed by atoms with E-state index in [0.29, 0.717) is 6.61 Å². The van der Waals surface area contributed by atoms with E-state index in [-0.39, 0.29) is 17.9 Å². The van der Waals surface area contributed by atoms with E-state index < -0.39 is 0 Å². The van der Waals surface area contributed by atoms with Crippen molar-refractivity contribution in [2.75, 3.05) is 7.05 Å². The van der Waals surface area contributed by atoms with E-state index in [1.165, 1.54) is 0 Å². The van der Waals surface area contributed by atoms with Crippen LogP contribution in [0.25, 0.3) is 0 Å². The number of ether oxygens (including phenoxy) is 1. The van der Waals surface area contributed by atoms with Crippen molar-refractivity contribution in [3.05, 3.63) is 35.9 Å². The lowest BCUT2D eigenvalue weighted by Gasteiger charge is -2.18. The monoisotopic (exact) mass is 221 g/mol. The van der Waals surface area contributed by atoms with Crippen LogP contribution in [-0.2, 0) is 16.1 Å². The van der Waals surface area contributed by atoms with E-state index in [9.17, 15) is 4.79 Å². The molecule has 1 rings (SSSR count). The van der Waals surface area contributed by atoms with E-state index in [4.69, 9.17) is 4.74 Å². The van der Waals surface area contributed by atoms with Crippen molar-refractivity contribution >= 4 is 5.97 Å². The molecule has 0 amide bonds. The third kappa shape index (κ3) is 3.66. The average molecular weight is 221 g/mol. The zero-order valence-corrected chi connectivity index (χ0v) is 10.1. The Morgan fingerprint density at radius 1 is 1.31 bits per heavy atom. The van der Waals surface area contributed by atoms with Gasteiger partial charge in [-0.1, -0.05) is 44.2 Å². The Kier molecular flexibility index (Phi) is 4.99. The molecule has 0 aliphatic rings. The molecule has 1 atom stereocenters. The van der Waals surface area contributed by atoms with E-state index >= 15 is 0 Å². The molecule has 0 saturated heterocycles. The van der Waals surface area contributed by atoms with E-state index in [0.717, 1.165) is 5.56 Å². The number of carbonyl (C=O) groups is 1. The molecule has 0 aromatic heterocycles. The predicted molar refractivity (Wildman–Crippen MR) is 63.9 cm³/mol. The Balaban J connectivity index is 2.46. The summed E-state index contributed by atoms with van der Waals surface area (Å²) in [5, 5.41) is 2.96. The topological polar surface area (TPSA) is 38.3 Å². The van der Waals surface area contributed by atoms with Crippen molar-refractivity contribution in [1.82, 2.24) is 5.32 Å². The molecule has 1 N–H and O–H groups in total. The van der Waals surface area contributed by atoms with E-state index in [1.54, 1.807) is 7.05 Å². The van der Waals surface area contributed by atoms with Gasteiger partial charge in [0.1, 0.15) is 12.6 Å². The third-order valence-electron chi connectivity index (χ3n) is 2.46. The highest BCUT2D eigenvalue weighted by Crippen LogP contribution is 2.06. The van der Waals surface area contributed by atoms with Gasteiger partial charge in [-0.3, -0.25) is 4.79 Å². The molecule has 3 nitrogen and oxygen atoms in total. The number of rotatable bonds is 5. The molecule has 0 aliphatic heterocycles. The van der Waals surface area contributed by atoms with Crippen molar-refractivity contribution in [2.45, 2.75) is 26.5 Å². The second-order valence-electron chi connectivity index (χ2n) is 4.10. The molecule has 0 fully saturated rings. The minimum absolute atomic E-state index is 0.193. The van der Waals surface area contributed by atoms with Crippen LogP contribution in [0.15, 0.2) is 30.3 Å². The Labute approximate surface area is 96.8 Å². The summed E-state index contributed by atoms with van der Waals surface area (Å²) >= 11 is 0. The zero-order chi connectivity index (χ0) is 12.0. The lowest BCUT2D eigenvalue weighted by molar-refractivity contribution is -0.148. The third-order valence-corrected chi connectivity index (χ3v) is 2.46. The lowest BCUT2D eigenvalue weighted by atomic mass is 10.1. The molecule has 1 aromatic carbocycles. The maximum absolute atomic E-state index is 11.7. The van der Waals surface area contributed by atoms with Crippen molar-refractivity contribution in [3.63, 3.8) is 0 Å². The molecule has 0 saturated carbocycles. The van der Waals surface area contributed by atoms with Crippen LogP contribution < -0.4 is 5.32 Å². The summed E-state index contributed by atoms with van der Waals surface area (Å²) in [5.41, 5.74) is 1.01. The highest BCUT2D eigenvalue weighted by atomic mass is 16.5. The summed E-state index contributed by atoms with van der Waals surface area (Å²) in [7, 11) is 1.77. The molecule has 0 bridgehead atoms. The number of esters is 1. The maximum atomic E-state index is 11.7. The first-order chi connectivity index (χ1) is 7.65. The van der Waals surface area contributed by atoms with Gasteiger partial charge in [-0.15, -0.1) is 0 Å². The average Bonchev–Trinajstić information content (AvgIpc) is 2.28. The second-order valence-corrected chi connectivity index (χ2v) is 4.10. The van der Waals surface area contributed by atoms with Crippen LogP contribution in [-0.4, -0.2) is 19.1 Å². The fourth-order valence-corrected chi connectivity index (χ4v) is 1.54. The highest BCUT2D eigenvalue weighted by molar-refractivity contribution is 5.76. The molecule has 3 heteroatoms. The molecule has 88 valence electrons. The maximum Gasteiger partial charge on any atom is 0.323 e. The van der Waals surface area contributed by atoms with Gasteiger partial charge in [0.15, 0.2) is 0 Å². The molecule has 0 unspecified atom stereocenters. The van der Waals surface area contributed by atoms with Gasteiger partial charge in [-0.2, -0.15) is 0 Å². The van der Waals surface area contributed by atoms with Gasteiger partial charge in [0.25, 0.3) is 0 Å². The SMILES string of the molecule is CN[C@@H](C(=O)OCc1ccccc1)C(C)C. The summed E-state index contributed by atoms with van der Waals surface area (Å²) in [6.45, 7) is 4.32. The minimum Gasteiger partial charge on any atom is -0.460 e. The smallest absolute Gasteiger partial charge is 0.323 e. The number of carbonyl (C=O) groups excluding carboxylic acids is 1. The number of hydrogen-bond donors (Lipinski definition) is 1. The lowest BCUT2D eigenvalue weighted by Crippen LogP contribution is -2.39. The quantitative estimate of drug-likeness (QED) is 0.773. The van der Waals surface area contributed by atoms with Crippen LogP contribution in [0.5, 0.6) is 0 Å². The Morgan fingerprint density at radius 3 is 2.44 bits per heavy atom. The molecular weight excluding hydrogens is 202 g/mol. The highest BCUT2D eigenvalue weighted by Gasteiger charge is 2.21.